The molecule has 2 heterocycles. The number of anilines is 1. The summed E-state index contributed by atoms with van der Waals surface area (Å²) < 4.78 is 40.2. The lowest BCUT2D eigenvalue weighted by Gasteiger charge is -2.20. The van der Waals surface area contributed by atoms with Gasteiger partial charge in [0.25, 0.3) is 0 Å². The van der Waals surface area contributed by atoms with Crippen molar-refractivity contribution in [3.8, 4) is 0 Å². The maximum Gasteiger partial charge on any atom is 0.452 e. The largest absolute Gasteiger partial charge is 0.452 e. The van der Waals surface area contributed by atoms with E-state index in [1.165, 1.54) is 0 Å². The highest BCUT2D eigenvalue weighted by Gasteiger charge is 2.37. The quantitative estimate of drug-likeness (QED) is 0.775. The van der Waals surface area contributed by atoms with E-state index in [1.807, 2.05) is 0 Å². The molecule has 3 nitrogen and oxygen atoms in total. The smallest absolute Gasteiger partial charge is 0.343 e. The highest BCUT2D eigenvalue weighted by molar-refractivity contribution is 7.09. The molecule has 1 saturated heterocycles. The predicted molar refractivity (Wildman–Crippen MR) is 56.0 cm³/mol. The van der Waals surface area contributed by atoms with E-state index in [4.69, 9.17) is 11.6 Å². The van der Waals surface area contributed by atoms with Crippen molar-refractivity contribution in [1.29, 1.82) is 0 Å². The van der Waals surface area contributed by atoms with Crippen LogP contribution in [0.15, 0.2) is 0 Å². The summed E-state index contributed by atoms with van der Waals surface area (Å²) in [4.78, 5) is 5.32. The van der Waals surface area contributed by atoms with Crippen molar-refractivity contribution in [3.63, 3.8) is 0 Å². The lowest BCUT2D eigenvalue weighted by Crippen LogP contribution is -2.30. The summed E-state index contributed by atoms with van der Waals surface area (Å²) in [7, 11) is 0. The van der Waals surface area contributed by atoms with Gasteiger partial charge in [-0.25, -0.2) is 0 Å². The third-order valence-corrected chi connectivity index (χ3v) is 3.58. The van der Waals surface area contributed by atoms with E-state index in [1.54, 1.807) is 4.90 Å². The van der Waals surface area contributed by atoms with Crippen molar-refractivity contribution in [3.05, 3.63) is 5.82 Å². The minimum Gasteiger partial charge on any atom is -0.343 e. The van der Waals surface area contributed by atoms with Crippen LogP contribution in [-0.2, 0) is 6.18 Å². The number of halogens is 4. The second kappa shape index (κ2) is 4.37. The normalized spacial score (nSPS) is 21.8. The number of alkyl halides is 4. The Balaban J connectivity index is 2.18. The Labute approximate surface area is 99.4 Å². The molecule has 1 aliphatic heterocycles. The molecule has 0 amide bonds. The van der Waals surface area contributed by atoms with E-state index >= 15 is 0 Å². The molecule has 0 N–H and O–H groups in total. The second-order valence-corrected chi connectivity index (χ2v) is 4.58. The average Bonchev–Trinajstić information content (AvgIpc) is 2.84. The fraction of sp³-hybridized carbons (Fsp3) is 0.750. The minimum absolute atomic E-state index is 0.0794. The molecule has 8 heteroatoms. The molecular formula is C8H9ClF3N3S. The first-order chi connectivity index (χ1) is 7.52. The first-order valence-corrected chi connectivity index (χ1v) is 6.06. The predicted octanol–water partition coefficient (Wildman–Crippen LogP) is 2.76. The molecule has 2 rings (SSSR count). The molecule has 0 saturated carbocycles. The van der Waals surface area contributed by atoms with Crippen LogP contribution in [0.3, 0.4) is 0 Å². The van der Waals surface area contributed by atoms with E-state index in [-0.39, 0.29) is 6.04 Å². The average molecular weight is 272 g/mol. The Morgan fingerprint density at radius 2 is 2.25 bits per heavy atom. The maximum atomic E-state index is 12.3. The topological polar surface area (TPSA) is 29.0 Å². The Bertz CT molecular complexity index is 368. The van der Waals surface area contributed by atoms with Gasteiger partial charge in [-0.3, -0.25) is 0 Å². The van der Waals surface area contributed by atoms with Gasteiger partial charge in [0, 0.05) is 30.0 Å². The van der Waals surface area contributed by atoms with Crippen LogP contribution in [0.25, 0.3) is 0 Å². The third-order valence-electron chi connectivity index (χ3n) is 2.47. The van der Waals surface area contributed by atoms with Crippen molar-refractivity contribution >= 4 is 28.3 Å². The molecule has 0 bridgehead atoms. The molecule has 1 fully saturated rings. The zero-order chi connectivity index (χ0) is 11.8. The Morgan fingerprint density at radius 1 is 1.50 bits per heavy atom. The lowest BCUT2D eigenvalue weighted by atomic mass is 10.2. The van der Waals surface area contributed by atoms with Crippen molar-refractivity contribution in [2.45, 2.75) is 25.1 Å². The van der Waals surface area contributed by atoms with Gasteiger partial charge in [-0.05, 0) is 12.8 Å². The van der Waals surface area contributed by atoms with Gasteiger partial charge in [0.1, 0.15) is 0 Å². The summed E-state index contributed by atoms with van der Waals surface area (Å²) in [5.41, 5.74) is 0. The Kier molecular flexibility index (Phi) is 3.25. The van der Waals surface area contributed by atoms with Gasteiger partial charge in [-0.2, -0.15) is 22.5 Å². The van der Waals surface area contributed by atoms with Gasteiger partial charge in [0.15, 0.2) is 0 Å². The molecule has 0 aliphatic carbocycles. The van der Waals surface area contributed by atoms with Gasteiger partial charge in [0.05, 0.1) is 0 Å². The van der Waals surface area contributed by atoms with Crippen LogP contribution in [0.5, 0.6) is 0 Å². The first kappa shape index (κ1) is 11.9. The fourth-order valence-electron chi connectivity index (χ4n) is 1.70. The summed E-state index contributed by atoms with van der Waals surface area (Å²) >= 11 is 6.52. The van der Waals surface area contributed by atoms with Crippen LogP contribution in [0, 0.1) is 0 Å². The third kappa shape index (κ3) is 2.24. The van der Waals surface area contributed by atoms with Crippen molar-refractivity contribution in [1.82, 2.24) is 9.36 Å². The van der Waals surface area contributed by atoms with Gasteiger partial charge in [-0.1, -0.05) is 0 Å². The van der Waals surface area contributed by atoms with Gasteiger partial charge < -0.3 is 4.90 Å². The molecule has 1 unspecified atom stereocenters. The van der Waals surface area contributed by atoms with E-state index in [0.717, 1.165) is 24.4 Å². The number of nitrogens with zero attached hydrogens (tertiary/aromatic N) is 3. The highest BCUT2D eigenvalue weighted by atomic mass is 35.5. The molecule has 1 aliphatic rings. The van der Waals surface area contributed by atoms with Crippen LogP contribution in [0.4, 0.5) is 18.3 Å². The number of hydrogen-bond donors (Lipinski definition) is 0. The van der Waals surface area contributed by atoms with Gasteiger partial charge in [-0.15, -0.1) is 11.6 Å². The van der Waals surface area contributed by atoms with E-state index < -0.39 is 12.0 Å². The molecular weight excluding hydrogens is 263 g/mol. The van der Waals surface area contributed by atoms with Crippen molar-refractivity contribution in [2.75, 3.05) is 17.3 Å². The summed E-state index contributed by atoms with van der Waals surface area (Å²) in [5.74, 6) is -0.659. The van der Waals surface area contributed by atoms with E-state index in [9.17, 15) is 13.2 Å². The molecule has 90 valence electrons. The summed E-state index contributed by atoms with van der Waals surface area (Å²) in [6, 6.07) is 0.0794. The number of hydrogen-bond acceptors (Lipinski definition) is 4. The summed E-state index contributed by atoms with van der Waals surface area (Å²) in [6.07, 6.45) is -2.65. The number of rotatable bonds is 2. The second-order valence-electron chi connectivity index (χ2n) is 3.54. The van der Waals surface area contributed by atoms with Crippen LogP contribution in [0.2, 0.25) is 0 Å². The molecule has 0 spiro atoms. The molecule has 1 aromatic heterocycles. The zero-order valence-electron chi connectivity index (χ0n) is 8.17. The van der Waals surface area contributed by atoms with E-state index in [2.05, 4.69) is 9.36 Å². The summed E-state index contributed by atoms with van der Waals surface area (Å²) in [6.45, 7) is 0.698. The zero-order valence-corrected chi connectivity index (χ0v) is 9.74. The molecule has 1 aromatic rings. The lowest BCUT2D eigenvalue weighted by molar-refractivity contribution is -0.144. The minimum atomic E-state index is -4.47. The van der Waals surface area contributed by atoms with Crippen LogP contribution >= 0.6 is 23.1 Å². The van der Waals surface area contributed by atoms with Crippen molar-refractivity contribution < 1.29 is 13.2 Å². The van der Waals surface area contributed by atoms with Crippen molar-refractivity contribution in [2.24, 2.45) is 0 Å². The van der Waals surface area contributed by atoms with E-state index in [0.29, 0.717) is 17.6 Å². The molecule has 16 heavy (non-hydrogen) atoms. The van der Waals surface area contributed by atoms with Crippen LogP contribution in [0.1, 0.15) is 18.7 Å². The standard InChI is InChI=1S/C8H9ClF3N3S/c9-4-5-2-1-3-15(5)7-13-6(14-16-7)8(10,11)12/h5H,1-4H2. The highest BCUT2D eigenvalue weighted by Crippen LogP contribution is 2.33. The molecule has 1 atom stereocenters. The summed E-state index contributed by atoms with van der Waals surface area (Å²) in [5, 5.41) is 0.315. The van der Waals surface area contributed by atoms with Crippen LogP contribution in [-0.4, -0.2) is 27.8 Å². The molecule has 0 aromatic carbocycles. The Morgan fingerprint density at radius 3 is 2.81 bits per heavy atom. The maximum absolute atomic E-state index is 12.3. The van der Waals surface area contributed by atoms with Crippen LogP contribution < -0.4 is 4.90 Å². The monoisotopic (exact) mass is 271 g/mol. The number of aromatic nitrogens is 2. The SMILES string of the molecule is FC(F)(F)c1nsc(N2CCCC2CCl)n1. The first-order valence-electron chi connectivity index (χ1n) is 4.76. The fourth-order valence-corrected chi connectivity index (χ4v) is 2.80. The molecule has 0 radical (unpaired) electrons. The Hall–Kier alpha value is -0.560. The van der Waals surface area contributed by atoms with Gasteiger partial charge >= 0.3 is 6.18 Å². The van der Waals surface area contributed by atoms with Gasteiger partial charge in [0.2, 0.25) is 11.0 Å².